The van der Waals surface area contributed by atoms with Crippen LogP contribution < -0.4 is 15.5 Å². The van der Waals surface area contributed by atoms with Gasteiger partial charge in [-0.1, -0.05) is 30.3 Å². The van der Waals surface area contributed by atoms with Crippen LogP contribution in [0.15, 0.2) is 48.5 Å². The highest BCUT2D eigenvalue weighted by Crippen LogP contribution is 2.45. The molecule has 1 atom stereocenters. The Balaban J connectivity index is 1.41. The standard InChI is InChI=1S/C21H22FN3O2/c22-16-7-5-15(6-8-16)9-11-24-19(26)13-25-18-4-2-1-3-17(18)21(20(25)27)10-12-23-14-21/h1-8,23H,9-14H2,(H,24,26). The van der Waals surface area contributed by atoms with E-state index in [0.29, 0.717) is 19.5 Å². The van der Waals surface area contributed by atoms with Crippen LogP contribution in [0.2, 0.25) is 0 Å². The molecule has 2 aromatic rings. The highest BCUT2D eigenvalue weighted by molar-refractivity contribution is 6.11. The maximum atomic E-state index is 13.1. The predicted molar refractivity (Wildman–Crippen MR) is 101 cm³/mol. The van der Waals surface area contributed by atoms with Crippen molar-refractivity contribution in [2.24, 2.45) is 0 Å². The van der Waals surface area contributed by atoms with Gasteiger partial charge in [0.1, 0.15) is 12.4 Å². The smallest absolute Gasteiger partial charge is 0.240 e. The molecule has 2 aromatic carbocycles. The Kier molecular flexibility index (Phi) is 4.66. The lowest BCUT2D eigenvalue weighted by Crippen LogP contribution is -2.46. The van der Waals surface area contributed by atoms with Gasteiger partial charge in [0.25, 0.3) is 0 Å². The third-order valence-electron chi connectivity index (χ3n) is 5.47. The number of fused-ring (bicyclic) bond motifs is 2. The molecule has 2 heterocycles. The summed E-state index contributed by atoms with van der Waals surface area (Å²) in [6.07, 6.45) is 1.37. The van der Waals surface area contributed by atoms with Gasteiger partial charge in [-0.15, -0.1) is 0 Å². The van der Waals surface area contributed by atoms with Gasteiger partial charge in [-0.2, -0.15) is 0 Å². The lowest BCUT2D eigenvalue weighted by atomic mass is 9.81. The van der Waals surface area contributed by atoms with Crippen molar-refractivity contribution in [2.75, 3.05) is 31.1 Å². The van der Waals surface area contributed by atoms with E-state index in [1.165, 1.54) is 12.1 Å². The quantitative estimate of drug-likeness (QED) is 0.847. The van der Waals surface area contributed by atoms with E-state index >= 15 is 0 Å². The summed E-state index contributed by atoms with van der Waals surface area (Å²) in [6, 6.07) is 14.0. The van der Waals surface area contributed by atoms with Crippen LogP contribution in [0, 0.1) is 5.82 Å². The zero-order valence-corrected chi connectivity index (χ0v) is 15.0. The van der Waals surface area contributed by atoms with Crippen molar-refractivity contribution in [2.45, 2.75) is 18.3 Å². The summed E-state index contributed by atoms with van der Waals surface area (Å²) in [7, 11) is 0. The molecule has 2 amide bonds. The molecule has 5 nitrogen and oxygen atoms in total. The SMILES string of the molecule is O=C(CN1C(=O)C2(CCNC2)c2ccccc21)NCCc1ccc(F)cc1. The number of halogens is 1. The molecule has 1 fully saturated rings. The van der Waals surface area contributed by atoms with Crippen LogP contribution in [0.1, 0.15) is 17.5 Å². The van der Waals surface area contributed by atoms with Crippen molar-refractivity contribution >= 4 is 17.5 Å². The Hall–Kier alpha value is -2.73. The molecule has 0 bridgehead atoms. The third-order valence-corrected chi connectivity index (χ3v) is 5.47. The number of hydrogen-bond donors (Lipinski definition) is 2. The number of benzene rings is 2. The molecular weight excluding hydrogens is 345 g/mol. The fraction of sp³-hybridized carbons (Fsp3) is 0.333. The highest BCUT2D eigenvalue weighted by atomic mass is 19.1. The van der Waals surface area contributed by atoms with Gasteiger partial charge in [-0.05, 0) is 48.7 Å². The number of nitrogens with one attached hydrogen (secondary N) is 2. The molecule has 0 saturated carbocycles. The number of hydrogen-bond acceptors (Lipinski definition) is 3. The monoisotopic (exact) mass is 367 g/mol. The van der Waals surface area contributed by atoms with Crippen LogP contribution in [0.5, 0.6) is 0 Å². The number of anilines is 1. The van der Waals surface area contributed by atoms with Crippen molar-refractivity contribution in [3.63, 3.8) is 0 Å². The lowest BCUT2D eigenvalue weighted by Gasteiger charge is -2.22. The van der Waals surface area contributed by atoms with Crippen molar-refractivity contribution in [3.05, 3.63) is 65.5 Å². The molecule has 2 aliphatic heterocycles. The summed E-state index contributed by atoms with van der Waals surface area (Å²) in [5, 5.41) is 6.14. The Morgan fingerprint density at radius 3 is 2.70 bits per heavy atom. The first-order valence-corrected chi connectivity index (χ1v) is 9.23. The Labute approximate surface area is 157 Å². The summed E-state index contributed by atoms with van der Waals surface area (Å²) in [5.41, 5.74) is 2.26. The summed E-state index contributed by atoms with van der Waals surface area (Å²) < 4.78 is 12.9. The van der Waals surface area contributed by atoms with Gasteiger partial charge in [-0.25, -0.2) is 4.39 Å². The molecule has 1 unspecified atom stereocenters. The van der Waals surface area contributed by atoms with Crippen LogP contribution in [0.25, 0.3) is 0 Å². The first kappa shape index (κ1) is 17.7. The number of amides is 2. The third kappa shape index (κ3) is 3.21. The summed E-state index contributed by atoms with van der Waals surface area (Å²) in [5.74, 6) is -0.463. The molecule has 6 heteroatoms. The van der Waals surface area contributed by atoms with E-state index in [9.17, 15) is 14.0 Å². The van der Waals surface area contributed by atoms with Gasteiger partial charge in [0.2, 0.25) is 11.8 Å². The number of carbonyl (C=O) groups is 2. The van der Waals surface area contributed by atoms with E-state index in [1.807, 2.05) is 24.3 Å². The van der Waals surface area contributed by atoms with Crippen LogP contribution >= 0.6 is 0 Å². The van der Waals surface area contributed by atoms with E-state index in [4.69, 9.17) is 0 Å². The first-order valence-electron chi connectivity index (χ1n) is 9.23. The number of para-hydroxylation sites is 1. The molecule has 0 aliphatic carbocycles. The van der Waals surface area contributed by atoms with E-state index in [0.717, 1.165) is 29.8 Å². The second kappa shape index (κ2) is 7.12. The van der Waals surface area contributed by atoms with E-state index in [1.54, 1.807) is 17.0 Å². The largest absolute Gasteiger partial charge is 0.354 e. The summed E-state index contributed by atoms with van der Waals surface area (Å²) in [6.45, 7) is 1.88. The van der Waals surface area contributed by atoms with Gasteiger partial charge in [0, 0.05) is 18.8 Å². The van der Waals surface area contributed by atoms with Gasteiger partial charge in [0.05, 0.1) is 5.41 Å². The fourth-order valence-electron chi connectivity index (χ4n) is 4.05. The van der Waals surface area contributed by atoms with E-state index in [2.05, 4.69) is 10.6 Å². The second-order valence-electron chi connectivity index (χ2n) is 7.14. The van der Waals surface area contributed by atoms with Crippen LogP contribution in [0.4, 0.5) is 10.1 Å². The summed E-state index contributed by atoms with van der Waals surface area (Å²) >= 11 is 0. The zero-order chi connectivity index (χ0) is 18.9. The maximum absolute atomic E-state index is 13.1. The second-order valence-corrected chi connectivity index (χ2v) is 7.14. The normalized spacial score (nSPS) is 20.9. The molecule has 4 rings (SSSR count). The fourth-order valence-corrected chi connectivity index (χ4v) is 4.05. The topological polar surface area (TPSA) is 61.4 Å². The molecule has 27 heavy (non-hydrogen) atoms. The Bertz CT molecular complexity index is 860. The van der Waals surface area contributed by atoms with Gasteiger partial charge in [0.15, 0.2) is 0 Å². The van der Waals surface area contributed by atoms with Crippen molar-refractivity contribution in [1.82, 2.24) is 10.6 Å². The molecule has 2 aliphatic rings. The van der Waals surface area contributed by atoms with Crippen LogP contribution in [-0.2, 0) is 21.4 Å². The van der Waals surface area contributed by atoms with Crippen LogP contribution in [-0.4, -0.2) is 38.0 Å². The van der Waals surface area contributed by atoms with E-state index in [-0.39, 0.29) is 24.2 Å². The molecule has 0 radical (unpaired) electrons. The predicted octanol–water partition coefficient (Wildman–Crippen LogP) is 1.76. The van der Waals surface area contributed by atoms with Gasteiger partial charge < -0.3 is 15.5 Å². The Morgan fingerprint density at radius 1 is 1.19 bits per heavy atom. The minimum atomic E-state index is -0.537. The van der Waals surface area contributed by atoms with Gasteiger partial charge in [-0.3, -0.25) is 9.59 Å². The number of nitrogens with zero attached hydrogens (tertiary/aromatic N) is 1. The molecule has 1 spiro atoms. The molecule has 1 saturated heterocycles. The number of rotatable bonds is 5. The molecule has 0 aromatic heterocycles. The minimum Gasteiger partial charge on any atom is -0.354 e. The van der Waals surface area contributed by atoms with Crippen molar-refractivity contribution in [3.8, 4) is 0 Å². The van der Waals surface area contributed by atoms with Crippen molar-refractivity contribution < 1.29 is 14.0 Å². The molecular formula is C21H22FN3O2. The van der Waals surface area contributed by atoms with Crippen molar-refractivity contribution in [1.29, 1.82) is 0 Å². The zero-order valence-electron chi connectivity index (χ0n) is 15.0. The summed E-state index contributed by atoms with van der Waals surface area (Å²) in [4.78, 5) is 27.1. The average Bonchev–Trinajstić information content (AvgIpc) is 3.25. The van der Waals surface area contributed by atoms with E-state index < -0.39 is 5.41 Å². The minimum absolute atomic E-state index is 0.00221. The average molecular weight is 367 g/mol. The molecule has 2 N–H and O–H groups in total. The highest BCUT2D eigenvalue weighted by Gasteiger charge is 2.52. The van der Waals surface area contributed by atoms with Crippen LogP contribution in [0.3, 0.4) is 0 Å². The maximum Gasteiger partial charge on any atom is 0.240 e. The lowest BCUT2D eigenvalue weighted by molar-refractivity contribution is -0.125. The number of carbonyl (C=O) groups excluding carboxylic acids is 2. The first-order chi connectivity index (χ1) is 13.1. The molecule has 140 valence electrons. The van der Waals surface area contributed by atoms with Gasteiger partial charge >= 0.3 is 0 Å². The Morgan fingerprint density at radius 2 is 1.96 bits per heavy atom.